The number of rotatable bonds is 6. The molecule has 1 aliphatic carbocycles. The molecule has 2 atom stereocenters. The second-order valence-corrected chi connectivity index (χ2v) is 6.53. The summed E-state index contributed by atoms with van der Waals surface area (Å²) in [5, 5.41) is 17.8. The van der Waals surface area contributed by atoms with E-state index in [0.717, 1.165) is 19.3 Å². The first-order chi connectivity index (χ1) is 11.8. The number of aromatic nitrogens is 2. The molecule has 0 aliphatic heterocycles. The van der Waals surface area contributed by atoms with E-state index in [4.69, 9.17) is 4.74 Å². The van der Waals surface area contributed by atoms with Crippen LogP contribution in [0.15, 0.2) is 0 Å². The highest BCUT2D eigenvalue weighted by Gasteiger charge is 2.25. The van der Waals surface area contributed by atoms with E-state index >= 15 is 0 Å². The van der Waals surface area contributed by atoms with E-state index in [0.29, 0.717) is 5.92 Å². The third-order valence-electron chi connectivity index (χ3n) is 4.63. The van der Waals surface area contributed by atoms with Crippen LogP contribution in [0.2, 0.25) is 0 Å². The Kier molecular flexibility index (Phi) is 6.11. The van der Waals surface area contributed by atoms with E-state index in [9.17, 15) is 19.7 Å². The maximum absolute atomic E-state index is 11.9. The molecule has 1 aromatic rings. The van der Waals surface area contributed by atoms with Gasteiger partial charge in [0, 0.05) is 6.04 Å². The van der Waals surface area contributed by atoms with Gasteiger partial charge in [-0.3, -0.25) is 24.4 Å². The maximum Gasteiger partial charge on any atom is 0.328 e. The number of nitro groups is 1. The van der Waals surface area contributed by atoms with E-state index in [2.05, 4.69) is 17.3 Å². The Balaban J connectivity index is 1.83. The van der Waals surface area contributed by atoms with E-state index in [1.165, 1.54) is 25.0 Å². The van der Waals surface area contributed by atoms with Crippen molar-refractivity contribution < 1.29 is 19.2 Å². The Hall–Kier alpha value is -2.45. The molecule has 2 rings (SSSR count). The van der Waals surface area contributed by atoms with Gasteiger partial charge in [-0.05, 0) is 32.6 Å². The highest BCUT2D eigenvalue weighted by molar-refractivity contribution is 5.80. The van der Waals surface area contributed by atoms with Crippen LogP contribution in [0.5, 0.6) is 0 Å². The monoisotopic (exact) mass is 352 g/mol. The predicted molar refractivity (Wildman–Crippen MR) is 88.9 cm³/mol. The van der Waals surface area contributed by atoms with Crippen LogP contribution in [0.3, 0.4) is 0 Å². The highest BCUT2D eigenvalue weighted by atomic mass is 16.6. The van der Waals surface area contributed by atoms with Crippen LogP contribution in [-0.2, 0) is 20.9 Å². The van der Waals surface area contributed by atoms with Gasteiger partial charge in [-0.2, -0.15) is 5.10 Å². The molecule has 0 unspecified atom stereocenters. The van der Waals surface area contributed by atoms with Crippen LogP contribution in [0.4, 0.5) is 5.69 Å². The molecule has 0 aromatic carbocycles. The molecule has 0 radical (unpaired) electrons. The Morgan fingerprint density at radius 3 is 2.64 bits per heavy atom. The Labute approximate surface area is 145 Å². The summed E-state index contributed by atoms with van der Waals surface area (Å²) in [6, 6.07) is 0.124. The summed E-state index contributed by atoms with van der Waals surface area (Å²) in [6.07, 6.45) is 4.29. The third-order valence-corrected chi connectivity index (χ3v) is 4.63. The summed E-state index contributed by atoms with van der Waals surface area (Å²) in [5.41, 5.74) is 0.399. The molecule has 0 spiro atoms. The quantitative estimate of drug-likeness (QED) is 0.473. The fraction of sp³-hybridized carbons (Fsp3) is 0.688. The van der Waals surface area contributed by atoms with Crippen LogP contribution in [0, 0.1) is 29.9 Å². The van der Waals surface area contributed by atoms with Crippen molar-refractivity contribution >= 4 is 17.6 Å². The molecule has 1 saturated carbocycles. The standard InChI is InChI=1S/C16H24N4O5/c1-10-6-4-5-7-13(10)17-14(21)9-25-15(22)8-19-12(3)16(20(23)24)11(2)18-19/h10,13H,4-9H2,1-3H3,(H,17,21)/t10-,13+/m0/s1. The van der Waals surface area contributed by atoms with E-state index in [-0.39, 0.29) is 42.2 Å². The number of esters is 1. The minimum atomic E-state index is -0.660. The number of nitrogens with one attached hydrogen (secondary N) is 1. The molecule has 0 saturated heterocycles. The zero-order chi connectivity index (χ0) is 18.6. The molecule has 1 heterocycles. The number of hydrogen-bond donors (Lipinski definition) is 1. The van der Waals surface area contributed by atoms with Crippen molar-refractivity contribution in [3.63, 3.8) is 0 Å². The number of amides is 1. The summed E-state index contributed by atoms with van der Waals surface area (Å²) in [4.78, 5) is 34.2. The van der Waals surface area contributed by atoms with Crippen molar-refractivity contribution in [1.29, 1.82) is 0 Å². The number of carbonyl (C=O) groups excluding carboxylic acids is 2. The van der Waals surface area contributed by atoms with Crippen molar-refractivity contribution in [2.24, 2.45) is 5.92 Å². The first-order valence-corrected chi connectivity index (χ1v) is 8.43. The molecular formula is C16H24N4O5. The van der Waals surface area contributed by atoms with Crippen LogP contribution in [0.1, 0.15) is 44.0 Å². The summed E-state index contributed by atoms with van der Waals surface area (Å²) in [6.45, 7) is 4.50. The lowest BCUT2D eigenvalue weighted by Crippen LogP contribution is -2.43. The van der Waals surface area contributed by atoms with Gasteiger partial charge in [0.1, 0.15) is 17.9 Å². The molecule has 1 N–H and O–H groups in total. The predicted octanol–water partition coefficient (Wildman–Crippen LogP) is 1.65. The molecule has 138 valence electrons. The van der Waals surface area contributed by atoms with Gasteiger partial charge in [0.2, 0.25) is 0 Å². The molecule has 1 aliphatic rings. The smallest absolute Gasteiger partial charge is 0.328 e. The molecule has 25 heavy (non-hydrogen) atoms. The SMILES string of the molecule is Cc1nn(CC(=O)OCC(=O)N[C@@H]2CCCC[C@@H]2C)c(C)c1[N+](=O)[O-]. The third kappa shape index (κ3) is 4.77. The minimum absolute atomic E-state index is 0.114. The second-order valence-electron chi connectivity index (χ2n) is 6.53. The van der Waals surface area contributed by atoms with E-state index in [1.54, 1.807) is 0 Å². The molecule has 1 fully saturated rings. The summed E-state index contributed by atoms with van der Waals surface area (Å²) in [7, 11) is 0. The zero-order valence-electron chi connectivity index (χ0n) is 14.8. The molecule has 0 bridgehead atoms. The fourth-order valence-electron chi connectivity index (χ4n) is 3.20. The van der Waals surface area contributed by atoms with Crippen molar-refractivity contribution in [3.8, 4) is 0 Å². The Morgan fingerprint density at radius 1 is 1.36 bits per heavy atom. The lowest BCUT2D eigenvalue weighted by molar-refractivity contribution is -0.386. The highest BCUT2D eigenvalue weighted by Crippen LogP contribution is 2.23. The maximum atomic E-state index is 11.9. The summed E-state index contributed by atoms with van der Waals surface area (Å²) in [5.74, 6) is -0.567. The Morgan fingerprint density at radius 2 is 2.04 bits per heavy atom. The number of carbonyl (C=O) groups is 2. The zero-order valence-corrected chi connectivity index (χ0v) is 14.8. The van der Waals surface area contributed by atoms with Gasteiger partial charge in [0.05, 0.1) is 4.92 Å². The molecule has 9 heteroatoms. The van der Waals surface area contributed by atoms with Gasteiger partial charge >= 0.3 is 11.7 Å². The minimum Gasteiger partial charge on any atom is -0.454 e. The van der Waals surface area contributed by atoms with E-state index < -0.39 is 10.9 Å². The number of ether oxygens (including phenoxy) is 1. The van der Waals surface area contributed by atoms with Gasteiger partial charge in [0.25, 0.3) is 5.91 Å². The van der Waals surface area contributed by atoms with Gasteiger partial charge in [0.15, 0.2) is 6.61 Å². The van der Waals surface area contributed by atoms with Gasteiger partial charge in [-0.15, -0.1) is 0 Å². The average Bonchev–Trinajstić information content (AvgIpc) is 2.81. The first kappa shape index (κ1) is 18.9. The van der Waals surface area contributed by atoms with Crippen molar-refractivity contribution in [2.45, 2.75) is 59.0 Å². The first-order valence-electron chi connectivity index (χ1n) is 8.43. The summed E-state index contributed by atoms with van der Waals surface area (Å²) >= 11 is 0. The normalized spacial score (nSPS) is 20.1. The number of hydrogen-bond acceptors (Lipinski definition) is 6. The van der Waals surface area contributed by atoms with Crippen LogP contribution in [-0.4, -0.2) is 39.2 Å². The van der Waals surface area contributed by atoms with Gasteiger partial charge < -0.3 is 10.1 Å². The topological polar surface area (TPSA) is 116 Å². The van der Waals surface area contributed by atoms with Crippen LogP contribution >= 0.6 is 0 Å². The molecule has 1 aromatic heterocycles. The number of nitrogens with zero attached hydrogens (tertiary/aromatic N) is 3. The molecule has 1 amide bonds. The van der Waals surface area contributed by atoms with Crippen molar-refractivity contribution in [2.75, 3.05) is 6.61 Å². The van der Waals surface area contributed by atoms with Crippen molar-refractivity contribution in [3.05, 3.63) is 21.5 Å². The number of aryl methyl sites for hydroxylation is 1. The lowest BCUT2D eigenvalue weighted by atomic mass is 9.86. The van der Waals surface area contributed by atoms with E-state index in [1.807, 2.05) is 0 Å². The average molecular weight is 352 g/mol. The van der Waals surface area contributed by atoms with Crippen LogP contribution < -0.4 is 5.32 Å². The Bertz CT molecular complexity index is 670. The largest absolute Gasteiger partial charge is 0.454 e. The second kappa shape index (κ2) is 8.09. The molecule has 9 nitrogen and oxygen atoms in total. The summed E-state index contributed by atoms with van der Waals surface area (Å²) < 4.78 is 6.19. The van der Waals surface area contributed by atoms with Crippen LogP contribution in [0.25, 0.3) is 0 Å². The fourth-order valence-corrected chi connectivity index (χ4v) is 3.20. The van der Waals surface area contributed by atoms with Crippen molar-refractivity contribution in [1.82, 2.24) is 15.1 Å². The van der Waals surface area contributed by atoms with Gasteiger partial charge in [-0.25, -0.2) is 0 Å². The lowest BCUT2D eigenvalue weighted by Gasteiger charge is -2.29. The van der Waals surface area contributed by atoms with Gasteiger partial charge in [-0.1, -0.05) is 19.8 Å². The molecular weight excluding hydrogens is 328 g/mol.